The summed E-state index contributed by atoms with van der Waals surface area (Å²) in [6.07, 6.45) is 9.78. The van der Waals surface area contributed by atoms with Gasteiger partial charge in [-0.2, -0.15) is 0 Å². The molecule has 1 saturated carbocycles. The maximum Gasteiger partial charge on any atom is 0.0208 e. The van der Waals surface area contributed by atoms with Crippen LogP contribution in [0.4, 0.5) is 0 Å². The van der Waals surface area contributed by atoms with E-state index < -0.39 is 0 Å². The van der Waals surface area contributed by atoms with Gasteiger partial charge in [-0.05, 0) is 49.1 Å². The fourth-order valence-corrected chi connectivity index (χ4v) is 3.52. The monoisotopic (exact) mass is 287 g/mol. The molecule has 118 valence electrons. The van der Waals surface area contributed by atoms with Gasteiger partial charge in [-0.3, -0.25) is 0 Å². The molecular weight excluding hydrogens is 254 g/mol. The second-order valence-corrected chi connectivity index (χ2v) is 7.34. The van der Waals surface area contributed by atoms with Crippen molar-refractivity contribution in [2.45, 2.75) is 78.3 Å². The summed E-state index contributed by atoms with van der Waals surface area (Å²) < 4.78 is 0. The van der Waals surface area contributed by atoms with Crippen LogP contribution in [0.25, 0.3) is 0 Å². The highest BCUT2D eigenvalue weighted by Crippen LogP contribution is 2.25. The molecule has 1 N–H and O–H groups in total. The minimum atomic E-state index is 0.651. The molecule has 1 aromatic rings. The summed E-state index contributed by atoms with van der Waals surface area (Å²) >= 11 is 0. The zero-order valence-electron chi connectivity index (χ0n) is 14.2. The molecular formula is C20H33N. The molecule has 0 saturated heterocycles. The first-order valence-electron chi connectivity index (χ1n) is 8.96. The Bertz CT molecular complexity index is 385. The zero-order chi connectivity index (χ0) is 15.1. The molecule has 1 heteroatoms. The van der Waals surface area contributed by atoms with Crippen LogP contribution >= 0.6 is 0 Å². The summed E-state index contributed by atoms with van der Waals surface area (Å²) in [4.78, 5) is 0. The van der Waals surface area contributed by atoms with Gasteiger partial charge in [0.05, 0.1) is 0 Å². The van der Waals surface area contributed by atoms with Gasteiger partial charge < -0.3 is 5.32 Å². The summed E-state index contributed by atoms with van der Waals surface area (Å²) in [5, 5.41) is 3.76. The van der Waals surface area contributed by atoms with Crippen molar-refractivity contribution < 1.29 is 0 Å². The molecule has 0 amide bonds. The van der Waals surface area contributed by atoms with Crippen molar-refractivity contribution in [1.29, 1.82) is 0 Å². The molecule has 1 nitrogen and oxygen atoms in total. The molecule has 1 atom stereocenters. The number of benzene rings is 1. The Morgan fingerprint density at radius 1 is 0.905 bits per heavy atom. The molecule has 1 aliphatic rings. The maximum atomic E-state index is 3.76. The summed E-state index contributed by atoms with van der Waals surface area (Å²) in [5.41, 5.74) is 2.88. The topological polar surface area (TPSA) is 12.0 Å². The lowest BCUT2D eigenvalue weighted by atomic mass is 9.93. The van der Waals surface area contributed by atoms with E-state index in [-0.39, 0.29) is 0 Å². The van der Waals surface area contributed by atoms with Gasteiger partial charge in [0, 0.05) is 12.6 Å². The van der Waals surface area contributed by atoms with Crippen LogP contribution in [-0.2, 0) is 13.0 Å². The normalized spacial score (nSPS) is 18.7. The fraction of sp³-hybridized carbons (Fsp3) is 0.700. The quantitative estimate of drug-likeness (QED) is 0.697. The van der Waals surface area contributed by atoms with Crippen molar-refractivity contribution in [3.05, 3.63) is 35.4 Å². The molecule has 0 radical (unpaired) electrons. The highest BCUT2D eigenvalue weighted by molar-refractivity contribution is 5.22. The van der Waals surface area contributed by atoms with Gasteiger partial charge in [0.25, 0.3) is 0 Å². The zero-order valence-corrected chi connectivity index (χ0v) is 14.2. The van der Waals surface area contributed by atoms with E-state index in [4.69, 9.17) is 0 Å². The van der Waals surface area contributed by atoms with Crippen molar-refractivity contribution in [3.8, 4) is 0 Å². The first-order valence-corrected chi connectivity index (χ1v) is 8.96. The molecule has 0 spiro atoms. The number of hydrogen-bond acceptors (Lipinski definition) is 1. The molecule has 2 rings (SSSR count). The van der Waals surface area contributed by atoms with Gasteiger partial charge >= 0.3 is 0 Å². The Labute approximate surface area is 131 Å². The van der Waals surface area contributed by atoms with Crippen molar-refractivity contribution >= 4 is 0 Å². The van der Waals surface area contributed by atoms with Gasteiger partial charge in [0.15, 0.2) is 0 Å². The third kappa shape index (κ3) is 5.82. The van der Waals surface area contributed by atoms with Crippen molar-refractivity contribution in [2.75, 3.05) is 0 Å². The lowest BCUT2D eigenvalue weighted by Gasteiger charge is -2.23. The first-order chi connectivity index (χ1) is 10.1. The Balaban J connectivity index is 1.78. The Kier molecular flexibility index (Phi) is 6.76. The van der Waals surface area contributed by atoms with Crippen LogP contribution in [0, 0.1) is 11.8 Å². The highest BCUT2D eigenvalue weighted by Gasteiger charge is 2.18. The summed E-state index contributed by atoms with van der Waals surface area (Å²) in [6.45, 7) is 7.95. The van der Waals surface area contributed by atoms with Gasteiger partial charge in [0.2, 0.25) is 0 Å². The third-order valence-corrected chi connectivity index (χ3v) is 4.90. The van der Waals surface area contributed by atoms with Gasteiger partial charge in [-0.1, -0.05) is 63.8 Å². The van der Waals surface area contributed by atoms with Crippen molar-refractivity contribution in [1.82, 2.24) is 5.32 Å². The molecule has 0 bridgehead atoms. The van der Waals surface area contributed by atoms with Crippen LogP contribution in [-0.4, -0.2) is 6.04 Å². The Hall–Kier alpha value is -0.820. The van der Waals surface area contributed by atoms with Crippen LogP contribution in [0.2, 0.25) is 0 Å². The molecule has 21 heavy (non-hydrogen) atoms. The van der Waals surface area contributed by atoms with E-state index in [9.17, 15) is 0 Å². The first kappa shape index (κ1) is 16.5. The molecule has 0 aromatic heterocycles. The van der Waals surface area contributed by atoms with E-state index in [0.717, 1.165) is 18.4 Å². The second-order valence-electron chi connectivity index (χ2n) is 7.34. The van der Waals surface area contributed by atoms with Crippen LogP contribution < -0.4 is 5.32 Å². The van der Waals surface area contributed by atoms with Crippen molar-refractivity contribution in [3.63, 3.8) is 0 Å². The van der Waals surface area contributed by atoms with Gasteiger partial charge in [-0.15, -0.1) is 0 Å². The van der Waals surface area contributed by atoms with Crippen LogP contribution in [0.3, 0.4) is 0 Å². The van der Waals surface area contributed by atoms with Crippen LogP contribution in [0.5, 0.6) is 0 Å². The largest absolute Gasteiger partial charge is 0.310 e. The van der Waals surface area contributed by atoms with Gasteiger partial charge in [0.1, 0.15) is 0 Å². The Morgan fingerprint density at radius 2 is 1.48 bits per heavy atom. The van der Waals surface area contributed by atoms with E-state index >= 15 is 0 Å². The average Bonchev–Trinajstić information content (AvgIpc) is 2.75. The number of hydrogen-bond donors (Lipinski definition) is 1. The number of nitrogens with one attached hydrogen (secondary N) is 1. The number of rotatable bonds is 6. The molecule has 1 aromatic carbocycles. The Morgan fingerprint density at radius 3 is 2.05 bits per heavy atom. The van der Waals surface area contributed by atoms with E-state index in [1.807, 2.05) is 0 Å². The smallest absolute Gasteiger partial charge is 0.0208 e. The minimum Gasteiger partial charge on any atom is -0.310 e. The molecule has 0 heterocycles. The maximum absolute atomic E-state index is 3.76. The molecule has 0 unspecified atom stereocenters. The van der Waals surface area contributed by atoms with E-state index in [2.05, 4.69) is 50.4 Å². The lowest BCUT2D eigenvalue weighted by Crippen LogP contribution is -2.32. The van der Waals surface area contributed by atoms with Crippen LogP contribution in [0.1, 0.15) is 70.4 Å². The summed E-state index contributed by atoms with van der Waals surface area (Å²) in [6, 6.07) is 9.84. The van der Waals surface area contributed by atoms with E-state index in [1.54, 1.807) is 0 Å². The summed E-state index contributed by atoms with van der Waals surface area (Å²) in [7, 11) is 0. The average molecular weight is 287 g/mol. The predicted octanol–water partition coefficient (Wildman–Crippen LogP) is 5.33. The predicted molar refractivity (Wildman–Crippen MR) is 92.5 cm³/mol. The SMILES string of the molecule is CC(C)Cc1ccc(CN[C@@H](C)C2CCCCCC2)cc1. The molecule has 1 aliphatic carbocycles. The lowest BCUT2D eigenvalue weighted by molar-refractivity contribution is 0.336. The second kappa shape index (κ2) is 8.58. The van der Waals surface area contributed by atoms with E-state index in [0.29, 0.717) is 6.04 Å². The standard InChI is InChI=1S/C20H33N/c1-16(2)14-18-10-12-19(13-11-18)15-21-17(3)20-8-6-4-5-7-9-20/h10-13,16-17,20-21H,4-9,14-15H2,1-3H3/t17-/m0/s1. The fourth-order valence-electron chi connectivity index (χ4n) is 3.52. The van der Waals surface area contributed by atoms with E-state index in [1.165, 1.54) is 56.1 Å². The molecule has 0 aliphatic heterocycles. The van der Waals surface area contributed by atoms with Crippen molar-refractivity contribution in [2.24, 2.45) is 11.8 Å². The third-order valence-electron chi connectivity index (χ3n) is 4.90. The highest BCUT2D eigenvalue weighted by atomic mass is 14.9. The minimum absolute atomic E-state index is 0.651. The van der Waals surface area contributed by atoms with Crippen LogP contribution in [0.15, 0.2) is 24.3 Å². The summed E-state index contributed by atoms with van der Waals surface area (Å²) in [5.74, 6) is 1.62. The molecule has 1 fully saturated rings. The van der Waals surface area contributed by atoms with Gasteiger partial charge in [-0.25, -0.2) is 0 Å².